The van der Waals surface area contributed by atoms with E-state index >= 15 is 0 Å². The van der Waals surface area contributed by atoms with Gasteiger partial charge in [0, 0.05) is 37.3 Å². The van der Waals surface area contributed by atoms with Crippen LogP contribution >= 0.6 is 0 Å². The van der Waals surface area contributed by atoms with E-state index in [1.165, 1.54) is 0 Å². The lowest BCUT2D eigenvalue weighted by molar-refractivity contribution is 0.367. The molecule has 0 saturated carbocycles. The average molecular weight is 312 g/mol. The van der Waals surface area contributed by atoms with Gasteiger partial charge in [-0.3, -0.25) is 0 Å². The molecule has 3 N–H and O–H groups in total. The summed E-state index contributed by atoms with van der Waals surface area (Å²) in [5.74, 6) is 1.71. The molecule has 1 saturated heterocycles. The molecule has 0 aromatic carbocycles. The van der Waals surface area contributed by atoms with Gasteiger partial charge in [0.2, 0.25) is 11.7 Å². The molecule has 120 valence electrons. The van der Waals surface area contributed by atoms with Crippen LogP contribution < -0.4 is 10.6 Å². The molecule has 0 aliphatic carbocycles. The Morgan fingerprint density at radius 1 is 1.39 bits per heavy atom. The summed E-state index contributed by atoms with van der Waals surface area (Å²) in [5, 5.41) is 12.2. The molecule has 1 aliphatic rings. The zero-order valence-corrected chi connectivity index (χ0v) is 13.3. The normalized spacial score (nSPS) is 21.7. The summed E-state index contributed by atoms with van der Waals surface area (Å²) in [6, 6.07) is 2.39. The van der Waals surface area contributed by atoms with Gasteiger partial charge in [0.05, 0.1) is 11.3 Å². The zero-order valence-electron chi connectivity index (χ0n) is 13.3. The molecule has 0 radical (unpaired) electrons. The summed E-state index contributed by atoms with van der Waals surface area (Å²) in [6.07, 6.45) is 4.86. The van der Waals surface area contributed by atoms with Crippen LogP contribution in [0.4, 0.5) is 5.69 Å². The van der Waals surface area contributed by atoms with E-state index in [0.29, 0.717) is 23.7 Å². The molecule has 2 atom stereocenters. The molecule has 1 aliphatic heterocycles. The van der Waals surface area contributed by atoms with E-state index in [1.54, 1.807) is 13.1 Å². The van der Waals surface area contributed by atoms with Crippen molar-refractivity contribution in [3.8, 4) is 11.4 Å². The first kappa shape index (κ1) is 14.2. The number of hydrogen-bond donors (Lipinski definition) is 3. The molecule has 1 fully saturated rings. The highest BCUT2D eigenvalue weighted by Crippen LogP contribution is 2.33. The minimum absolute atomic E-state index is 0.357. The molecule has 0 amide bonds. The van der Waals surface area contributed by atoms with Gasteiger partial charge >= 0.3 is 0 Å². The Labute approximate surface area is 133 Å². The summed E-state index contributed by atoms with van der Waals surface area (Å²) in [4.78, 5) is 12.0. The Morgan fingerprint density at radius 3 is 3.09 bits per heavy atom. The van der Waals surface area contributed by atoms with Crippen LogP contribution in [-0.4, -0.2) is 39.2 Å². The lowest BCUT2D eigenvalue weighted by atomic mass is 9.94. The number of aromatic amines is 1. The van der Waals surface area contributed by atoms with E-state index in [1.807, 2.05) is 12.3 Å². The Hall–Kier alpha value is -2.41. The van der Waals surface area contributed by atoms with Gasteiger partial charge in [-0.1, -0.05) is 12.1 Å². The Bertz CT molecular complexity index is 823. The molecule has 23 heavy (non-hydrogen) atoms. The minimum Gasteiger partial charge on any atom is -0.380 e. The average Bonchev–Trinajstić information content (AvgIpc) is 3.18. The van der Waals surface area contributed by atoms with E-state index in [0.717, 1.165) is 41.8 Å². The van der Waals surface area contributed by atoms with Gasteiger partial charge in [-0.25, -0.2) is 4.98 Å². The Kier molecular flexibility index (Phi) is 3.49. The lowest BCUT2D eigenvalue weighted by Crippen LogP contribution is -2.44. The molecule has 3 aromatic heterocycles. The largest absolute Gasteiger partial charge is 0.380 e. The highest BCUT2D eigenvalue weighted by atomic mass is 16.5. The third-order valence-electron chi connectivity index (χ3n) is 4.51. The molecule has 0 spiro atoms. The van der Waals surface area contributed by atoms with Crippen LogP contribution in [0.2, 0.25) is 0 Å². The van der Waals surface area contributed by atoms with Crippen LogP contribution in [-0.2, 0) is 0 Å². The lowest BCUT2D eigenvalue weighted by Gasteiger charge is -2.31. The second-order valence-electron chi connectivity index (χ2n) is 6.14. The van der Waals surface area contributed by atoms with Crippen molar-refractivity contribution in [2.45, 2.75) is 26.3 Å². The Morgan fingerprint density at radius 2 is 2.30 bits per heavy atom. The maximum Gasteiger partial charge on any atom is 0.223 e. The van der Waals surface area contributed by atoms with Gasteiger partial charge in [0.1, 0.15) is 5.65 Å². The predicted octanol–water partition coefficient (Wildman–Crippen LogP) is 2.33. The topological polar surface area (TPSA) is 91.7 Å². The summed E-state index contributed by atoms with van der Waals surface area (Å²) in [7, 11) is 0. The van der Waals surface area contributed by atoms with E-state index in [9.17, 15) is 0 Å². The first-order valence-electron chi connectivity index (χ1n) is 7.96. The fourth-order valence-electron chi connectivity index (χ4n) is 3.11. The molecule has 4 heterocycles. The molecule has 7 heteroatoms. The summed E-state index contributed by atoms with van der Waals surface area (Å²) >= 11 is 0. The van der Waals surface area contributed by atoms with Gasteiger partial charge < -0.3 is 20.1 Å². The van der Waals surface area contributed by atoms with Gasteiger partial charge in [0.25, 0.3) is 0 Å². The molecular weight excluding hydrogens is 292 g/mol. The van der Waals surface area contributed by atoms with Crippen LogP contribution in [0, 0.1) is 12.8 Å². The molecular formula is C16H20N6O. The first-order chi connectivity index (χ1) is 11.2. The minimum atomic E-state index is 0.357. The zero-order chi connectivity index (χ0) is 15.8. The maximum absolute atomic E-state index is 5.14. The van der Waals surface area contributed by atoms with Crippen molar-refractivity contribution in [1.82, 2.24) is 25.4 Å². The number of anilines is 1. The van der Waals surface area contributed by atoms with Crippen LogP contribution in [0.3, 0.4) is 0 Å². The van der Waals surface area contributed by atoms with Crippen LogP contribution in [0.1, 0.15) is 19.2 Å². The number of nitrogens with one attached hydrogen (secondary N) is 3. The molecule has 3 aromatic rings. The van der Waals surface area contributed by atoms with Crippen LogP contribution in [0.5, 0.6) is 0 Å². The van der Waals surface area contributed by atoms with Crippen molar-refractivity contribution in [3.05, 3.63) is 24.4 Å². The van der Waals surface area contributed by atoms with E-state index in [-0.39, 0.29) is 0 Å². The number of rotatable bonds is 3. The van der Waals surface area contributed by atoms with E-state index in [4.69, 9.17) is 4.52 Å². The van der Waals surface area contributed by atoms with E-state index < -0.39 is 0 Å². The van der Waals surface area contributed by atoms with Crippen LogP contribution in [0.15, 0.2) is 23.0 Å². The summed E-state index contributed by atoms with van der Waals surface area (Å²) in [6.45, 7) is 6.09. The van der Waals surface area contributed by atoms with Crippen molar-refractivity contribution < 1.29 is 4.52 Å². The molecule has 7 nitrogen and oxygen atoms in total. The number of H-pyrrole nitrogens is 1. The number of pyridine rings is 1. The monoisotopic (exact) mass is 312 g/mol. The summed E-state index contributed by atoms with van der Waals surface area (Å²) in [5.41, 5.74) is 2.73. The second-order valence-corrected chi connectivity index (χ2v) is 6.14. The van der Waals surface area contributed by atoms with Gasteiger partial charge in [-0.15, -0.1) is 0 Å². The number of hydrogen-bond acceptors (Lipinski definition) is 6. The van der Waals surface area contributed by atoms with Crippen molar-refractivity contribution in [2.75, 3.05) is 18.4 Å². The Balaban J connectivity index is 1.80. The van der Waals surface area contributed by atoms with Crippen molar-refractivity contribution >= 4 is 16.7 Å². The third-order valence-corrected chi connectivity index (χ3v) is 4.51. The van der Waals surface area contributed by atoms with Crippen molar-refractivity contribution in [3.63, 3.8) is 0 Å². The number of fused-ring (bicyclic) bond motifs is 1. The fourth-order valence-corrected chi connectivity index (χ4v) is 3.11. The quantitative estimate of drug-likeness (QED) is 0.687. The third kappa shape index (κ3) is 2.57. The second kappa shape index (κ2) is 5.66. The number of aromatic nitrogens is 4. The number of nitrogens with zero attached hydrogens (tertiary/aromatic N) is 3. The summed E-state index contributed by atoms with van der Waals surface area (Å²) < 4.78 is 5.14. The molecule has 1 unspecified atom stereocenters. The SMILES string of the molecule is Cc1nc(-c2cnc3[nH]ccc3c2NC2CNCC[C@H]2C)no1. The number of piperidine rings is 1. The highest BCUT2D eigenvalue weighted by Gasteiger charge is 2.24. The van der Waals surface area contributed by atoms with E-state index in [2.05, 4.69) is 37.7 Å². The molecule has 4 rings (SSSR count). The first-order valence-corrected chi connectivity index (χ1v) is 7.96. The van der Waals surface area contributed by atoms with Gasteiger partial charge in [-0.2, -0.15) is 4.98 Å². The van der Waals surface area contributed by atoms with Gasteiger partial charge in [0.15, 0.2) is 0 Å². The highest BCUT2D eigenvalue weighted by molar-refractivity contribution is 5.97. The standard InChI is InChI=1S/C16H20N6O/c1-9-3-5-17-8-13(9)21-14-11-4-6-18-15(11)19-7-12(14)16-20-10(2)23-22-16/h4,6-7,9,13,17H,3,5,8H2,1-2H3,(H2,18,19,21)/t9-,13?/m1/s1. The van der Waals surface area contributed by atoms with Crippen molar-refractivity contribution in [2.24, 2.45) is 5.92 Å². The molecule has 0 bridgehead atoms. The smallest absolute Gasteiger partial charge is 0.223 e. The van der Waals surface area contributed by atoms with Gasteiger partial charge in [-0.05, 0) is 24.9 Å². The predicted molar refractivity (Wildman–Crippen MR) is 88.2 cm³/mol. The fraction of sp³-hybridized carbons (Fsp3) is 0.438. The van der Waals surface area contributed by atoms with Crippen molar-refractivity contribution in [1.29, 1.82) is 0 Å². The number of aryl methyl sites for hydroxylation is 1. The van der Waals surface area contributed by atoms with Crippen LogP contribution in [0.25, 0.3) is 22.4 Å². The maximum atomic E-state index is 5.14.